The van der Waals surface area contributed by atoms with Crippen molar-refractivity contribution in [2.24, 2.45) is 0 Å². The lowest BCUT2D eigenvalue weighted by atomic mass is 10.2. The molecule has 3 aromatic rings. The molecule has 0 N–H and O–H groups in total. The molecule has 0 fully saturated rings. The van der Waals surface area contributed by atoms with Crippen molar-refractivity contribution >= 4 is 23.4 Å². The number of hydrogen-bond acceptors (Lipinski definition) is 6. The second-order valence-electron chi connectivity index (χ2n) is 4.85. The van der Waals surface area contributed by atoms with Crippen molar-refractivity contribution in [1.29, 1.82) is 0 Å². The van der Waals surface area contributed by atoms with E-state index < -0.39 is 0 Å². The molecule has 124 valence electrons. The van der Waals surface area contributed by atoms with Crippen LogP contribution in [0.2, 0.25) is 5.02 Å². The first-order valence-corrected chi connectivity index (χ1v) is 8.49. The fraction of sp³-hybridized carbons (Fsp3) is 0.176. The fourth-order valence-electron chi connectivity index (χ4n) is 2.08. The molecule has 24 heavy (non-hydrogen) atoms. The van der Waals surface area contributed by atoms with Crippen LogP contribution >= 0.6 is 23.4 Å². The Morgan fingerprint density at radius 3 is 2.54 bits per heavy atom. The minimum atomic E-state index is 0.393. The largest absolute Gasteiger partial charge is 0.497 e. The van der Waals surface area contributed by atoms with Crippen molar-refractivity contribution in [3.63, 3.8) is 0 Å². The van der Waals surface area contributed by atoms with E-state index in [9.17, 15) is 0 Å². The van der Waals surface area contributed by atoms with Crippen LogP contribution < -0.4 is 9.47 Å². The van der Waals surface area contributed by atoms with Gasteiger partial charge < -0.3 is 13.9 Å². The highest BCUT2D eigenvalue weighted by Crippen LogP contribution is 2.34. The monoisotopic (exact) mass is 362 g/mol. The number of nitrogens with zero attached hydrogens (tertiary/aromatic N) is 2. The molecule has 0 amide bonds. The van der Waals surface area contributed by atoms with Crippen LogP contribution in [0.5, 0.6) is 11.5 Å². The summed E-state index contributed by atoms with van der Waals surface area (Å²) in [5.74, 6) is 2.45. The summed E-state index contributed by atoms with van der Waals surface area (Å²) in [5, 5.41) is 9.39. The van der Waals surface area contributed by atoms with Crippen molar-refractivity contribution < 1.29 is 13.9 Å². The maximum atomic E-state index is 5.88. The van der Waals surface area contributed by atoms with Gasteiger partial charge >= 0.3 is 0 Å². The average Bonchev–Trinajstić information content (AvgIpc) is 3.09. The second-order valence-corrected chi connectivity index (χ2v) is 6.22. The summed E-state index contributed by atoms with van der Waals surface area (Å²) in [6.45, 7) is 0. The number of halogens is 1. The Balaban J connectivity index is 1.76. The molecule has 0 saturated carbocycles. The first-order valence-electron chi connectivity index (χ1n) is 7.12. The summed E-state index contributed by atoms with van der Waals surface area (Å²) >= 11 is 7.35. The summed E-state index contributed by atoms with van der Waals surface area (Å²) in [7, 11) is 3.20. The van der Waals surface area contributed by atoms with Crippen molar-refractivity contribution in [2.75, 3.05) is 14.2 Å². The number of ether oxygens (including phenoxy) is 2. The maximum Gasteiger partial charge on any atom is 0.277 e. The number of methoxy groups -OCH3 is 2. The van der Waals surface area contributed by atoms with Crippen LogP contribution in [0.25, 0.3) is 11.5 Å². The van der Waals surface area contributed by atoms with E-state index in [4.69, 9.17) is 25.5 Å². The van der Waals surface area contributed by atoms with Crippen LogP contribution in [0.1, 0.15) is 5.56 Å². The first kappa shape index (κ1) is 16.7. The Labute approximate surface area is 148 Å². The van der Waals surface area contributed by atoms with Gasteiger partial charge in [-0.25, -0.2) is 0 Å². The highest BCUT2D eigenvalue weighted by atomic mass is 35.5. The van der Waals surface area contributed by atoms with Gasteiger partial charge in [-0.15, -0.1) is 10.2 Å². The number of hydrogen-bond donors (Lipinski definition) is 0. The zero-order valence-corrected chi connectivity index (χ0v) is 14.7. The number of benzene rings is 2. The molecular formula is C17H15ClN2O3S. The van der Waals surface area contributed by atoms with E-state index >= 15 is 0 Å². The van der Waals surface area contributed by atoms with Crippen molar-refractivity contribution in [1.82, 2.24) is 10.2 Å². The lowest BCUT2D eigenvalue weighted by Gasteiger charge is -2.07. The van der Waals surface area contributed by atoms with Gasteiger partial charge in [0.15, 0.2) is 0 Å². The van der Waals surface area contributed by atoms with E-state index in [2.05, 4.69) is 10.2 Å². The van der Waals surface area contributed by atoms with Gasteiger partial charge in [0, 0.05) is 10.8 Å². The molecule has 1 aromatic heterocycles. The van der Waals surface area contributed by atoms with Gasteiger partial charge in [0.2, 0.25) is 0 Å². The zero-order valence-electron chi connectivity index (χ0n) is 13.2. The average molecular weight is 363 g/mol. The van der Waals surface area contributed by atoms with Gasteiger partial charge in [0.05, 0.1) is 19.8 Å². The molecule has 0 aliphatic rings. The molecule has 5 nitrogen and oxygen atoms in total. The van der Waals surface area contributed by atoms with Gasteiger partial charge in [-0.1, -0.05) is 35.5 Å². The van der Waals surface area contributed by atoms with Crippen molar-refractivity contribution in [3.8, 4) is 23.0 Å². The molecule has 0 aliphatic carbocycles. The Kier molecular flexibility index (Phi) is 5.27. The molecule has 0 atom stereocenters. The SMILES string of the molecule is COc1ccc(OC)c(-c2nnc(SCc3ccc(Cl)cc3)o2)c1. The third kappa shape index (κ3) is 3.83. The Morgan fingerprint density at radius 2 is 1.83 bits per heavy atom. The molecule has 7 heteroatoms. The van der Waals surface area contributed by atoms with E-state index in [1.54, 1.807) is 26.4 Å². The first-order chi connectivity index (χ1) is 11.7. The van der Waals surface area contributed by atoms with Crippen LogP contribution in [-0.4, -0.2) is 24.4 Å². The quantitative estimate of drug-likeness (QED) is 0.592. The van der Waals surface area contributed by atoms with Crippen LogP contribution in [0.4, 0.5) is 0 Å². The van der Waals surface area contributed by atoms with E-state index in [0.717, 1.165) is 5.56 Å². The predicted molar refractivity (Wildman–Crippen MR) is 93.9 cm³/mol. The highest BCUT2D eigenvalue weighted by Gasteiger charge is 2.15. The molecule has 0 aliphatic heterocycles. The zero-order chi connectivity index (χ0) is 16.9. The molecule has 0 spiro atoms. The van der Waals surface area contributed by atoms with Gasteiger partial charge in [0.25, 0.3) is 11.1 Å². The topological polar surface area (TPSA) is 57.4 Å². The summed E-state index contributed by atoms with van der Waals surface area (Å²) in [5.41, 5.74) is 1.82. The van der Waals surface area contributed by atoms with Crippen LogP contribution in [0.3, 0.4) is 0 Å². The van der Waals surface area contributed by atoms with E-state index in [-0.39, 0.29) is 0 Å². The van der Waals surface area contributed by atoms with Gasteiger partial charge in [0.1, 0.15) is 11.5 Å². The van der Waals surface area contributed by atoms with Gasteiger partial charge in [-0.2, -0.15) is 0 Å². The standard InChI is InChI=1S/C17H15ClN2O3S/c1-21-13-7-8-15(22-2)14(9-13)16-19-20-17(23-16)24-10-11-3-5-12(18)6-4-11/h3-9H,10H2,1-2H3. The van der Waals surface area contributed by atoms with Crippen LogP contribution in [0, 0.1) is 0 Å². The molecule has 3 rings (SSSR count). The second kappa shape index (κ2) is 7.59. The summed E-state index contributed by atoms with van der Waals surface area (Å²) in [4.78, 5) is 0. The third-order valence-corrected chi connectivity index (χ3v) is 4.46. The summed E-state index contributed by atoms with van der Waals surface area (Å²) < 4.78 is 16.3. The van der Waals surface area contributed by atoms with Gasteiger partial charge in [-0.3, -0.25) is 0 Å². The van der Waals surface area contributed by atoms with E-state index in [1.807, 2.05) is 30.3 Å². The molecular weight excluding hydrogens is 348 g/mol. The normalized spacial score (nSPS) is 10.6. The smallest absolute Gasteiger partial charge is 0.277 e. The number of thioether (sulfide) groups is 1. The highest BCUT2D eigenvalue weighted by molar-refractivity contribution is 7.98. The molecule has 0 bridgehead atoms. The summed E-state index contributed by atoms with van der Waals surface area (Å²) in [6, 6.07) is 13.1. The number of aromatic nitrogens is 2. The number of rotatable bonds is 6. The maximum absolute atomic E-state index is 5.88. The molecule has 1 heterocycles. The lowest BCUT2D eigenvalue weighted by Crippen LogP contribution is -1.90. The Hall–Kier alpha value is -2.18. The minimum Gasteiger partial charge on any atom is -0.497 e. The summed E-state index contributed by atoms with van der Waals surface area (Å²) in [6.07, 6.45) is 0. The fourth-order valence-corrected chi connectivity index (χ4v) is 2.93. The molecule has 0 radical (unpaired) electrons. The molecule has 0 saturated heterocycles. The third-order valence-electron chi connectivity index (χ3n) is 3.32. The van der Waals surface area contributed by atoms with Crippen molar-refractivity contribution in [3.05, 3.63) is 53.1 Å². The Morgan fingerprint density at radius 1 is 1.04 bits per heavy atom. The molecule has 0 unspecified atom stereocenters. The van der Waals surface area contributed by atoms with Gasteiger partial charge in [-0.05, 0) is 35.9 Å². The lowest BCUT2D eigenvalue weighted by molar-refractivity contribution is 0.401. The Bertz CT molecular complexity index is 821. The minimum absolute atomic E-state index is 0.393. The van der Waals surface area contributed by atoms with Crippen LogP contribution in [0.15, 0.2) is 52.1 Å². The molecule has 2 aromatic carbocycles. The predicted octanol–water partition coefficient (Wildman–Crippen LogP) is 4.70. The van der Waals surface area contributed by atoms with E-state index in [0.29, 0.717) is 39.0 Å². The van der Waals surface area contributed by atoms with E-state index in [1.165, 1.54) is 11.8 Å². The van der Waals surface area contributed by atoms with Crippen molar-refractivity contribution in [2.45, 2.75) is 11.0 Å². The van der Waals surface area contributed by atoms with Crippen LogP contribution in [-0.2, 0) is 5.75 Å².